The van der Waals surface area contributed by atoms with E-state index < -0.39 is 6.10 Å². The van der Waals surface area contributed by atoms with Gasteiger partial charge in [0.2, 0.25) is 5.91 Å². The lowest BCUT2D eigenvalue weighted by Gasteiger charge is -2.26. The van der Waals surface area contributed by atoms with Crippen molar-refractivity contribution in [3.8, 4) is 0 Å². The number of aliphatic hydroxyl groups excluding tert-OH is 1. The number of ether oxygens (including phenoxy) is 1. The molecular formula is C20H24N2O3. The van der Waals surface area contributed by atoms with Crippen LogP contribution >= 0.6 is 0 Å². The molecule has 1 N–H and O–H groups in total. The number of likely N-dealkylation sites (tertiary alicyclic amines) is 1. The number of pyridine rings is 1. The predicted octanol–water partition coefficient (Wildman–Crippen LogP) is 2.02. The topological polar surface area (TPSA) is 62.7 Å². The SMILES string of the molecule is O=C(C1CCOCC1)N1C[C@@H](Cc2ccnc3ccccc23)[C@H](O)C1. The monoisotopic (exact) mass is 340 g/mol. The van der Waals surface area contributed by atoms with E-state index in [2.05, 4.69) is 11.1 Å². The lowest BCUT2D eigenvalue weighted by Crippen LogP contribution is -2.37. The molecule has 0 bridgehead atoms. The number of β-amino-alcohol motifs (C(OH)–C–C–N with tert-alkyl or cyclic N) is 1. The van der Waals surface area contributed by atoms with Gasteiger partial charge in [-0.3, -0.25) is 9.78 Å². The number of rotatable bonds is 3. The van der Waals surface area contributed by atoms with Crippen LogP contribution in [0.3, 0.4) is 0 Å². The van der Waals surface area contributed by atoms with Crippen LogP contribution in [0.2, 0.25) is 0 Å². The molecule has 3 heterocycles. The maximum Gasteiger partial charge on any atom is 0.225 e. The minimum Gasteiger partial charge on any atom is -0.391 e. The van der Waals surface area contributed by atoms with Gasteiger partial charge < -0.3 is 14.7 Å². The number of hydrogen-bond donors (Lipinski definition) is 1. The van der Waals surface area contributed by atoms with Crippen LogP contribution in [0, 0.1) is 11.8 Å². The molecule has 2 fully saturated rings. The Balaban J connectivity index is 1.47. The van der Waals surface area contributed by atoms with Crippen LogP contribution < -0.4 is 0 Å². The fourth-order valence-electron chi connectivity index (χ4n) is 4.05. The second kappa shape index (κ2) is 7.10. The van der Waals surface area contributed by atoms with Crippen molar-refractivity contribution >= 4 is 16.8 Å². The molecule has 5 heteroatoms. The Hall–Kier alpha value is -1.98. The van der Waals surface area contributed by atoms with Crippen LogP contribution in [0.4, 0.5) is 0 Å². The first-order valence-electron chi connectivity index (χ1n) is 9.09. The van der Waals surface area contributed by atoms with Gasteiger partial charge in [-0.15, -0.1) is 0 Å². The number of para-hydroxylation sites is 1. The highest BCUT2D eigenvalue weighted by Gasteiger charge is 2.37. The van der Waals surface area contributed by atoms with Crippen LogP contribution in [0.5, 0.6) is 0 Å². The number of fused-ring (bicyclic) bond motifs is 1. The minimum absolute atomic E-state index is 0.0569. The molecule has 0 aliphatic carbocycles. The first-order chi connectivity index (χ1) is 12.2. The van der Waals surface area contributed by atoms with Crippen molar-refractivity contribution in [1.29, 1.82) is 0 Å². The molecule has 1 aromatic heterocycles. The third-order valence-electron chi connectivity index (χ3n) is 5.51. The first kappa shape index (κ1) is 16.5. The van der Waals surface area contributed by atoms with E-state index in [1.165, 1.54) is 5.56 Å². The van der Waals surface area contributed by atoms with Crippen molar-refractivity contribution in [2.24, 2.45) is 11.8 Å². The lowest BCUT2D eigenvalue weighted by atomic mass is 9.94. The van der Waals surface area contributed by atoms with Gasteiger partial charge in [0.25, 0.3) is 0 Å². The van der Waals surface area contributed by atoms with Crippen LogP contribution in [-0.2, 0) is 16.0 Å². The zero-order valence-corrected chi connectivity index (χ0v) is 14.3. The molecular weight excluding hydrogens is 316 g/mol. The summed E-state index contributed by atoms with van der Waals surface area (Å²) in [4.78, 5) is 19.0. The van der Waals surface area contributed by atoms with Gasteiger partial charge >= 0.3 is 0 Å². The molecule has 1 amide bonds. The highest BCUT2D eigenvalue weighted by Crippen LogP contribution is 2.27. The zero-order valence-electron chi connectivity index (χ0n) is 14.3. The number of carbonyl (C=O) groups is 1. The molecule has 25 heavy (non-hydrogen) atoms. The van der Waals surface area contributed by atoms with E-state index in [9.17, 15) is 9.90 Å². The molecule has 0 spiro atoms. The van der Waals surface area contributed by atoms with Crippen molar-refractivity contribution in [1.82, 2.24) is 9.88 Å². The summed E-state index contributed by atoms with van der Waals surface area (Å²) in [7, 11) is 0. The van der Waals surface area contributed by atoms with Crippen molar-refractivity contribution in [2.45, 2.75) is 25.4 Å². The number of nitrogens with zero attached hydrogens (tertiary/aromatic N) is 2. The molecule has 1 aromatic carbocycles. The summed E-state index contributed by atoms with van der Waals surface area (Å²) in [6.07, 6.45) is 3.72. The molecule has 2 aliphatic heterocycles. The summed E-state index contributed by atoms with van der Waals surface area (Å²) in [5.74, 6) is 0.320. The quantitative estimate of drug-likeness (QED) is 0.929. The van der Waals surface area contributed by atoms with Crippen LogP contribution in [0.25, 0.3) is 10.9 Å². The maximum absolute atomic E-state index is 12.7. The molecule has 0 radical (unpaired) electrons. The minimum atomic E-state index is -0.462. The van der Waals surface area contributed by atoms with Crippen LogP contribution in [0.1, 0.15) is 18.4 Å². The predicted molar refractivity (Wildman–Crippen MR) is 95.1 cm³/mol. The Morgan fingerprint density at radius 1 is 1.20 bits per heavy atom. The Morgan fingerprint density at radius 2 is 2.00 bits per heavy atom. The van der Waals surface area contributed by atoms with Gasteiger partial charge in [0.05, 0.1) is 11.6 Å². The van der Waals surface area contributed by atoms with Crippen molar-refractivity contribution < 1.29 is 14.6 Å². The van der Waals surface area contributed by atoms with E-state index in [0.717, 1.165) is 30.2 Å². The number of amides is 1. The highest BCUT2D eigenvalue weighted by molar-refractivity contribution is 5.82. The Kier molecular flexibility index (Phi) is 4.68. The Bertz CT molecular complexity index is 752. The molecule has 2 atom stereocenters. The molecule has 5 nitrogen and oxygen atoms in total. The number of hydrogen-bond acceptors (Lipinski definition) is 4. The second-order valence-electron chi connectivity index (χ2n) is 7.15. The van der Waals surface area contributed by atoms with Gasteiger partial charge in [-0.2, -0.15) is 0 Å². The van der Waals surface area contributed by atoms with E-state index in [4.69, 9.17) is 4.74 Å². The summed E-state index contributed by atoms with van der Waals surface area (Å²) >= 11 is 0. The second-order valence-corrected chi connectivity index (χ2v) is 7.15. The third kappa shape index (κ3) is 3.39. The Labute approximate surface area is 147 Å². The van der Waals surface area contributed by atoms with Gasteiger partial charge in [-0.1, -0.05) is 18.2 Å². The van der Waals surface area contributed by atoms with Crippen LogP contribution in [-0.4, -0.2) is 53.3 Å². The molecule has 132 valence electrons. The van der Waals surface area contributed by atoms with Crippen molar-refractivity contribution in [3.05, 3.63) is 42.1 Å². The first-order valence-corrected chi connectivity index (χ1v) is 9.09. The van der Waals surface area contributed by atoms with Crippen molar-refractivity contribution in [3.63, 3.8) is 0 Å². The lowest BCUT2D eigenvalue weighted by molar-refractivity contribution is -0.137. The summed E-state index contributed by atoms with van der Waals surface area (Å²) in [5.41, 5.74) is 2.16. The normalized spacial score (nSPS) is 24.8. The average molecular weight is 340 g/mol. The van der Waals surface area contributed by atoms with Crippen molar-refractivity contribution in [2.75, 3.05) is 26.3 Å². The maximum atomic E-state index is 12.7. The third-order valence-corrected chi connectivity index (χ3v) is 5.51. The van der Waals surface area contributed by atoms with E-state index in [-0.39, 0.29) is 17.7 Å². The average Bonchev–Trinajstić information content (AvgIpc) is 3.03. The number of aromatic nitrogens is 1. The van der Waals surface area contributed by atoms with Gasteiger partial charge in [0.1, 0.15) is 0 Å². The molecule has 2 aliphatic rings. The number of aliphatic hydroxyl groups is 1. The van der Waals surface area contributed by atoms with E-state index in [0.29, 0.717) is 26.3 Å². The zero-order chi connectivity index (χ0) is 17.2. The molecule has 4 rings (SSSR count). The standard InChI is InChI=1S/C20H24N2O3/c23-19-13-22(20(24)14-6-9-25-10-7-14)12-16(19)11-15-5-8-21-18-4-2-1-3-17(15)18/h1-5,8,14,16,19,23H,6-7,9-13H2/t16-,19-/m1/s1. The molecule has 2 aromatic rings. The number of benzene rings is 1. The van der Waals surface area contributed by atoms with E-state index in [1.54, 1.807) is 0 Å². The fraction of sp³-hybridized carbons (Fsp3) is 0.500. The largest absolute Gasteiger partial charge is 0.391 e. The Morgan fingerprint density at radius 3 is 2.84 bits per heavy atom. The van der Waals surface area contributed by atoms with Gasteiger partial charge in [0.15, 0.2) is 0 Å². The molecule has 2 saturated heterocycles. The van der Waals surface area contributed by atoms with E-state index in [1.807, 2.05) is 35.4 Å². The fourth-order valence-corrected chi connectivity index (χ4v) is 4.05. The summed E-state index contributed by atoms with van der Waals surface area (Å²) < 4.78 is 5.35. The molecule has 0 unspecified atom stereocenters. The summed E-state index contributed by atoms with van der Waals surface area (Å²) in [6.45, 7) is 2.41. The smallest absolute Gasteiger partial charge is 0.225 e. The summed E-state index contributed by atoms with van der Waals surface area (Å²) in [5, 5.41) is 11.6. The van der Waals surface area contributed by atoms with Gasteiger partial charge in [-0.05, 0) is 37.0 Å². The van der Waals surface area contributed by atoms with Gasteiger partial charge in [-0.25, -0.2) is 0 Å². The highest BCUT2D eigenvalue weighted by atomic mass is 16.5. The van der Waals surface area contributed by atoms with E-state index >= 15 is 0 Å². The summed E-state index contributed by atoms with van der Waals surface area (Å²) in [6, 6.07) is 10.1. The van der Waals surface area contributed by atoms with Gasteiger partial charge in [0, 0.05) is 49.7 Å². The number of carbonyl (C=O) groups excluding carboxylic acids is 1. The molecule has 0 saturated carbocycles. The van der Waals surface area contributed by atoms with Crippen LogP contribution in [0.15, 0.2) is 36.5 Å².